The molecule has 0 unspecified atom stereocenters. The molecule has 0 aliphatic rings. The van der Waals surface area contributed by atoms with Crippen LogP contribution in [0.3, 0.4) is 0 Å². The van der Waals surface area contributed by atoms with E-state index in [1.807, 2.05) is 48.6 Å². The van der Waals surface area contributed by atoms with Crippen molar-refractivity contribution in [2.45, 2.75) is 0 Å². The van der Waals surface area contributed by atoms with Crippen molar-refractivity contribution < 1.29 is 0 Å². The molecule has 0 atom stereocenters. The summed E-state index contributed by atoms with van der Waals surface area (Å²) >= 11 is 18.7. The monoisotopic (exact) mass is 404 g/mol. The van der Waals surface area contributed by atoms with Crippen LogP contribution in [0.5, 0.6) is 0 Å². The molecule has 0 saturated carbocycles. The predicted molar refractivity (Wildman–Crippen MR) is 87.2 cm³/mol. The van der Waals surface area contributed by atoms with Gasteiger partial charge in [-0.1, -0.05) is 63.4 Å². The van der Waals surface area contributed by atoms with E-state index < -0.39 is 0 Å². The fourth-order valence-electron chi connectivity index (χ4n) is 1.44. The van der Waals surface area contributed by atoms with Crippen molar-refractivity contribution in [3.05, 3.63) is 66.5 Å². The van der Waals surface area contributed by atoms with Crippen molar-refractivity contribution in [2.24, 2.45) is 0 Å². The van der Waals surface area contributed by atoms with E-state index in [1.165, 1.54) is 0 Å². The lowest BCUT2D eigenvalue weighted by atomic mass is 10.1. The van der Waals surface area contributed by atoms with Gasteiger partial charge in [0.2, 0.25) is 0 Å². The van der Waals surface area contributed by atoms with Crippen molar-refractivity contribution in [3.63, 3.8) is 0 Å². The Labute approximate surface area is 133 Å². The lowest BCUT2D eigenvalue weighted by Crippen LogP contribution is -1.77. The molecule has 0 aromatic heterocycles. The molecule has 0 bridgehead atoms. The van der Waals surface area contributed by atoms with Gasteiger partial charge in [0.1, 0.15) is 0 Å². The third-order valence-electron chi connectivity index (χ3n) is 2.36. The Morgan fingerprint density at radius 2 is 1.61 bits per heavy atom. The first-order valence-corrected chi connectivity index (χ1v) is 7.48. The predicted octanol–water partition coefficient (Wildman–Crippen LogP) is 6.69. The fraction of sp³-hybridized carbons (Fsp3) is 0. The van der Waals surface area contributed by atoms with Gasteiger partial charge in [0, 0.05) is 14.0 Å². The second-order valence-corrected chi connectivity index (χ2v) is 6.23. The summed E-state index contributed by atoms with van der Waals surface area (Å²) in [5, 5.41) is 1.42. The molecule has 0 saturated heterocycles. The highest BCUT2D eigenvalue weighted by molar-refractivity contribution is 9.10. The Kier molecular flexibility index (Phi) is 4.91. The van der Waals surface area contributed by atoms with E-state index in [9.17, 15) is 0 Å². The Morgan fingerprint density at radius 1 is 0.833 bits per heavy atom. The van der Waals surface area contributed by atoms with E-state index in [0.29, 0.717) is 10.0 Å². The molecule has 2 aromatic carbocycles. The zero-order valence-electron chi connectivity index (χ0n) is 9.13. The minimum absolute atomic E-state index is 0.708. The van der Waals surface area contributed by atoms with Crippen molar-refractivity contribution in [3.8, 4) is 0 Å². The summed E-state index contributed by atoms with van der Waals surface area (Å²) in [4.78, 5) is 0. The van der Waals surface area contributed by atoms with Crippen LogP contribution in [-0.4, -0.2) is 0 Å². The highest BCUT2D eigenvalue weighted by Gasteiger charge is 1.98. The molecule has 0 aliphatic carbocycles. The maximum atomic E-state index is 5.95. The molecule has 0 heterocycles. The maximum absolute atomic E-state index is 5.95. The van der Waals surface area contributed by atoms with Crippen LogP contribution in [0.15, 0.2) is 45.3 Å². The Hall–Kier alpha value is -0.280. The lowest BCUT2D eigenvalue weighted by molar-refractivity contribution is 1.59. The van der Waals surface area contributed by atoms with Crippen molar-refractivity contribution in [1.82, 2.24) is 0 Å². The molecule has 92 valence electrons. The highest BCUT2D eigenvalue weighted by Crippen LogP contribution is 2.26. The first-order valence-electron chi connectivity index (χ1n) is 5.14. The summed E-state index contributed by atoms with van der Waals surface area (Å²) in [6.45, 7) is 0. The molecule has 0 aliphatic heterocycles. The normalized spacial score (nSPS) is 11.1. The van der Waals surface area contributed by atoms with E-state index in [2.05, 4.69) is 31.9 Å². The first kappa shape index (κ1) is 14.1. The summed E-state index contributed by atoms with van der Waals surface area (Å²) in [6.07, 6.45) is 4.05. The van der Waals surface area contributed by atoms with Crippen molar-refractivity contribution >= 4 is 67.2 Å². The number of hydrogen-bond acceptors (Lipinski definition) is 0. The van der Waals surface area contributed by atoms with Crippen molar-refractivity contribution in [1.29, 1.82) is 0 Å². The molecule has 2 aromatic rings. The van der Waals surface area contributed by atoms with Gasteiger partial charge in [-0.15, -0.1) is 0 Å². The Bertz CT molecular complexity index is 607. The Morgan fingerprint density at radius 3 is 2.28 bits per heavy atom. The van der Waals surface area contributed by atoms with Gasteiger partial charge in [-0.05, 0) is 51.3 Å². The molecule has 0 nitrogen and oxygen atoms in total. The molecular formula is C14H8Br2Cl2. The topological polar surface area (TPSA) is 0 Å². The molecule has 18 heavy (non-hydrogen) atoms. The van der Waals surface area contributed by atoms with Crippen LogP contribution >= 0.6 is 55.1 Å². The molecular weight excluding hydrogens is 399 g/mol. The number of rotatable bonds is 2. The fourth-order valence-corrected chi connectivity index (χ4v) is 2.77. The van der Waals surface area contributed by atoms with E-state index in [-0.39, 0.29) is 0 Å². The number of halogens is 4. The first-order chi connectivity index (χ1) is 8.56. The second kappa shape index (κ2) is 6.25. The third kappa shape index (κ3) is 3.61. The third-order valence-corrected chi connectivity index (χ3v) is 4.50. The van der Waals surface area contributed by atoms with E-state index >= 15 is 0 Å². The summed E-state index contributed by atoms with van der Waals surface area (Å²) in [7, 11) is 0. The molecule has 0 radical (unpaired) electrons. The maximum Gasteiger partial charge on any atom is 0.0548 e. The van der Waals surface area contributed by atoms with Crippen molar-refractivity contribution in [2.75, 3.05) is 0 Å². The van der Waals surface area contributed by atoms with E-state index in [0.717, 1.165) is 20.1 Å². The van der Waals surface area contributed by atoms with Gasteiger partial charge in [0.05, 0.1) is 5.02 Å². The standard InChI is InChI=1S/C14H8Br2Cl2/c15-12-8-11(17)5-4-10(12)3-1-9-2-6-14(18)13(16)7-9/h1-8H. The van der Waals surface area contributed by atoms with E-state index in [4.69, 9.17) is 23.2 Å². The number of benzene rings is 2. The highest BCUT2D eigenvalue weighted by atomic mass is 79.9. The Balaban J connectivity index is 2.27. The minimum Gasteiger partial charge on any atom is -0.0843 e. The zero-order valence-corrected chi connectivity index (χ0v) is 13.8. The minimum atomic E-state index is 0.708. The van der Waals surface area contributed by atoms with Crippen LogP contribution in [0.2, 0.25) is 10.0 Å². The summed E-state index contributed by atoms with van der Waals surface area (Å²) in [5.41, 5.74) is 2.15. The number of hydrogen-bond donors (Lipinski definition) is 0. The molecule has 2 rings (SSSR count). The van der Waals surface area contributed by atoms with Crippen LogP contribution in [0.25, 0.3) is 12.2 Å². The smallest absolute Gasteiger partial charge is 0.0548 e. The molecule has 4 heteroatoms. The van der Waals surface area contributed by atoms with Gasteiger partial charge in [0.15, 0.2) is 0 Å². The van der Waals surface area contributed by atoms with Crippen LogP contribution in [0.4, 0.5) is 0 Å². The van der Waals surface area contributed by atoms with E-state index in [1.54, 1.807) is 0 Å². The van der Waals surface area contributed by atoms with Gasteiger partial charge in [-0.2, -0.15) is 0 Å². The largest absolute Gasteiger partial charge is 0.0843 e. The van der Waals surface area contributed by atoms with Gasteiger partial charge < -0.3 is 0 Å². The molecule has 0 N–H and O–H groups in total. The SMILES string of the molecule is Clc1ccc(C=Cc2ccc(Cl)c(Br)c2)c(Br)c1. The summed E-state index contributed by atoms with van der Waals surface area (Å²) < 4.78 is 1.86. The van der Waals surface area contributed by atoms with Crippen LogP contribution in [-0.2, 0) is 0 Å². The second-order valence-electron chi connectivity index (χ2n) is 3.67. The lowest BCUT2D eigenvalue weighted by Gasteiger charge is -2.00. The molecule has 0 spiro atoms. The van der Waals surface area contributed by atoms with Gasteiger partial charge in [-0.25, -0.2) is 0 Å². The van der Waals surface area contributed by atoms with Crippen LogP contribution < -0.4 is 0 Å². The average molecular weight is 407 g/mol. The quantitative estimate of drug-likeness (QED) is 0.487. The average Bonchev–Trinajstić information content (AvgIpc) is 2.32. The summed E-state index contributed by atoms with van der Waals surface area (Å²) in [6, 6.07) is 11.5. The van der Waals surface area contributed by atoms with Crippen LogP contribution in [0.1, 0.15) is 11.1 Å². The van der Waals surface area contributed by atoms with Gasteiger partial charge in [0.25, 0.3) is 0 Å². The summed E-state index contributed by atoms with van der Waals surface area (Å²) in [5.74, 6) is 0. The van der Waals surface area contributed by atoms with Gasteiger partial charge in [-0.3, -0.25) is 0 Å². The molecule has 0 amide bonds. The van der Waals surface area contributed by atoms with Gasteiger partial charge >= 0.3 is 0 Å². The zero-order chi connectivity index (χ0) is 13.1. The molecule has 0 fully saturated rings. The van der Waals surface area contributed by atoms with Crippen LogP contribution in [0, 0.1) is 0 Å².